The highest BCUT2D eigenvalue weighted by molar-refractivity contribution is 5.77. The predicted octanol–water partition coefficient (Wildman–Crippen LogP) is 2.64. The SMILES string of the molecule is CNc1cc(-c2ccc(OCCCN3CCN(CCO)CC3)c(C(F)(F)F)c2)nc(C#N)c1N. The van der Waals surface area contributed by atoms with Crippen molar-refractivity contribution in [2.75, 3.05) is 70.6 Å². The van der Waals surface area contributed by atoms with E-state index in [1.807, 2.05) is 6.07 Å². The number of nitrogens with two attached hydrogens (primary N) is 1. The fourth-order valence-electron chi connectivity index (χ4n) is 3.88. The van der Waals surface area contributed by atoms with E-state index in [-0.39, 0.29) is 41.6 Å². The monoisotopic (exact) mass is 478 g/mol. The molecule has 4 N–H and O–H groups in total. The Morgan fingerprint density at radius 2 is 1.85 bits per heavy atom. The van der Waals surface area contributed by atoms with Gasteiger partial charge in [0.1, 0.15) is 11.8 Å². The van der Waals surface area contributed by atoms with Crippen molar-refractivity contribution in [1.29, 1.82) is 5.26 Å². The highest BCUT2D eigenvalue weighted by Crippen LogP contribution is 2.39. The van der Waals surface area contributed by atoms with Crippen LogP contribution in [-0.4, -0.2) is 79.4 Å². The predicted molar refractivity (Wildman–Crippen MR) is 123 cm³/mol. The Labute approximate surface area is 196 Å². The number of benzene rings is 1. The van der Waals surface area contributed by atoms with Gasteiger partial charge in [0.25, 0.3) is 0 Å². The van der Waals surface area contributed by atoms with Gasteiger partial charge in [-0.1, -0.05) is 0 Å². The van der Waals surface area contributed by atoms with Gasteiger partial charge in [0.05, 0.1) is 35.8 Å². The summed E-state index contributed by atoms with van der Waals surface area (Å²) in [6.07, 6.45) is -4.03. The van der Waals surface area contributed by atoms with E-state index in [9.17, 15) is 18.4 Å². The molecule has 0 radical (unpaired) electrons. The standard InChI is InChI=1S/C23H29F3N6O2/c1-29-19-14-18(30-20(15-27)22(19)28)16-3-4-21(17(13-16)23(24,25)26)34-12-2-5-31-6-8-32(9-7-31)10-11-33/h3-4,13-14,33H,2,5-12,28H2,1H3,(H,29,30). The molecule has 3 rings (SSSR count). The molecule has 8 nitrogen and oxygen atoms in total. The lowest BCUT2D eigenvalue weighted by molar-refractivity contribution is -0.138. The van der Waals surface area contributed by atoms with Crippen LogP contribution in [0.5, 0.6) is 5.75 Å². The van der Waals surface area contributed by atoms with E-state index in [1.165, 1.54) is 18.2 Å². The van der Waals surface area contributed by atoms with Gasteiger partial charge in [0.2, 0.25) is 0 Å². The van der Waals surface area contributed by atoms with Gasteiger partial charge in [-0.3, -0.25) is 4.90 Å². The third-order valence-electron chi connectivity index (χ3n) is 5.77. The van der Waals surface area contributed by atoms with Crippen LogP contribution in [-0.2, 0) is 6.18 Å². The molecule has 34 heavy (non-hydrogen) atoms. The fraction of sp³-hybridized carbons (Fsp3) is 0.478. The maximum Gasteiger partial charge on any atom is 0.419 e. The molecule has 0 aliphatic carbocycles. The average molecular weight is 479 g/mol. The molecule has 1 fully saturated rings. The van der Waals surface area contributed by atoms with Crippen molar-refractivity contribution in [2.45, 2.75) is 12.6 Å². The molecule has 0 bridgehead atoms. The Bertz CT molecular complexity index is 1020. The molecule has 2 aromatic rings. The van der Waals surface area contributed by atoms with Crippen LogP contribution in [0.1, 0.15) is 17.7 Å². The molecule has 1 aliphatic rings. The van der Waals surface area contributed by atoms with Crippen LogP contribution in [0, 0.1) is 11.3 Å². The van der Waals surface area contributed by atoms with Gasteiger partial charge in [-0.15, -0.1) is 0 Å². The number of alkyl halides is 3. The van der Waals surface area contributed by atoms with E-state index in [0.29, 0.717) is 18.7 Å². The number of aromatic nitrogens is 1. The number of β-amino-alcohol motifs (C(OH)–C–C–N with tert-alkyl or cyclic N) is 1. The van der Waals surface area contributed by atoms with E-state index < -0.39 is 11.7 Å². The third kappa shape index (κ3) is 6.28. The first kappa shape index (κ1) is 25.6. The number of nitrogens with one attached hydrogen (secondary N) is 1. The van der Waals surface area contributed by atoms with Crippen molar-refractivity contribution in [3.63, 3.8) is 0 Å². The minimum absolute atomic E-state index is 0.0621. The zero-order valence-corrected chi connectivity index (χ0v) is 19.0. The smallest absolute Gasteiger partial charge is 0.419 e. The minimum atomic E-state index is -4.62. The van der Waals surface area contributed by atoms with Crippen LogP contribution in [0.3, 0.4) is 0 Å². The summed E-state index contributed by atoms with van der Waals surface area (Å²) in [5, 5.41) is 21.1. The third-order valence-corrected chi connectivity index (χ3v) is 5.77. The fourth-order valence-corrected chi connectivity index (χ4v) is 3.88. The Morgan fingerprint density at radius 1 is 1.18 bits per heavy atom. The largest absolute Gasteiger partial charge is 0.493 e. The molecule has 0 saturated carbocycles. The summed E-state index contributed by atoms with van der Waals surface area (Å²) in [5.74, 6) is -0.242. The topological polar surface area (TPSA) is 111 Å². The number of nitrogens with zero attached hydrogens (tertiary/aromatic N) is 4. The van der Waals surface area contributed by atoms with Crippen LogP contribution < -0.4 is 15.8 Å². The van der Waals surface area contributed by atoms with Gasteiger partial charge in [-0.25, -0.2) is 4.98 Å². The number of anilines is 2. The van der Waals surface area contributed by atoms with E-state index in [2.05, 4.69) is 20.1 Å². The zero-order valence-electron chi connectivity index (χ0n) is 19.0. The Balaban J connectivity index is 1.69. The molecule has 0 atom stereocenters. The number of nitriles is 1. The van der Waals surface area contributed by atoms with Crippen molar-refractivity contribution in [3.05, 3.63) is 35.5 Å². The summed E-state index contributed by atoms with van der Waals surface area (Å²) in [7, 11) is 1.60. The molecule has 1 aromatic heterocycles. The molecule has 2 heterocycles. The molecular weight excluding hydrogens is 449 g/mol. The number of pyridine rings is 1. The number of halogens is 3. The van der Waals surface area contributed by atoms with E-state index in [4.69, 9.17) is 15.6 Å². The summed E-state index contributed by atoms with van der Waals surface area (Å²) in [6, 6.07) is 7.13. The summed E-state index contributed by atoms with van der Waals surface area (Å²) in [4.78, 5) is 8.53. The Kier molecular flexibility index (Phi) is 8.55. The summed E-state index contributed by atoms with van der Waals surface area (Å²) in [6.45, 7) is 5.12. The molecular formula is C23H29F3N6O2. The lowest BCUT2D eigenvalue weighted by Gasteiger charge is -2.34. The second-order valence-electron chi connectivity index (χ2n) is 8.00. The maximum atomic E-state index is 13.8. The number of ether oxygens (including phenoxy) is 1. The van der Waals surface area contributed by atoms with Gasteiger partial charge >= 0.3 is 6.18 Å². The zero-order chi connectivity index (χ0) is 24.7. The number of hydrogen-bond acceptors (Lipinski definition) is 8. The lowest BCUT2D eigenvalue weighted by atomic mass is 10.0. The van der Waals surface area contributed by atoms with Gasteiger partial charge in [0.15, 0.2) is 5.69 Å². The van der Waals surface area contributed by atoms with Gasteiger partial charge in [0, 0.05) is 51.9 Å². The quantitative estimate of drug-likeness (QED) is 0.472. The molecule has 1 saturated heterocycles. The summed E-state index contributed by atoms with van der Waals surface area (Å²) >= 11 is 0. The highest BCUT2D eigenvalue weighted by Gasteiger charge is 2.35. The van der Waals surface area contributed by atoms with Crippen molar-refractivity contribution in [2.24, 2.45) is 0 Å². The first-order valence-corrected chi connectivity index (χ1v) is 11.0. The van der Waals surface area contributed by atoms with Crippen molar-refractivity contribution in [1.82, 2.24) is 14.8 Å². The Hall–Kier alpha value is -3.07. The van der Waals surface area contributed by atoms with Crippen LogP contribution in [0.15, 0.2) is 24.3 Å². The number of aliphatic hydroxyl groups excluding tert-OH is 1. The number of nitrogen functional groups attached to an aromatic ring is 1. The minimum Gasteiger partial charge on any atom is -0.493 e. The number of piperazine rings is 1. The van der Waals surface area contributed by atoms with Crippen LogP contribution >= 0.6 is 0 Å². The van der Waals surface area contributed by atoms with Crippen LogP contribution in [0.4, 0.5) is 24.5 Å². The number of aliphatic hydroxyl groups is 1. The maximum absolute atomic E-state index is 13.8. The molecule has 0 spiro atoms. The number of hydrogen-bond donors (Lipinski definition) is 3. The first-order chi connectivity index (χ1) is 16.3. The molecule has 11 heteroatoms. The van der Waals surface area contributed by atoms with Crippen LogP contribution in [0.2, 0.25) is 0 Å². The molecule has 0 amide bonds. The average Bonchev–Trinajstić information content (AvgIpc) is 2.82. The van der Waals surface area contributed by atoms with Gasteiger partial charge < -0.3 is 25.8 Å². The van der Waals surface area contributed by atoms with Gasteiger partial charge in [-0.05, 0) is 30.7 Å². The molecule has 1 aliphatic heterocycles. The van der Waals surface area contributed by atoms with E-state index >= 15 is 0 Å². The Morgan fingerprint density at radius 3 is 2.44 bits per heavy atom. The van der Waals surface area contributed by atoms with E-state index in [0.717, 1.165) is 38.8 Å². The first-order valence-electron chi connectivity index (χ1n) is 11.0. The van der Waals surface area contributed by atoms with Gasteiger partial charge in [-0.2, -0.15) is 18.4 Å². The molecule has 184 valence electrons. The van der Waals surface area contributed by atoms with E-state index in [1.54, 1.807) is 7.05 Å². The molecule has 1 aromatic carbocycles. The van der Waals surface area contributed by atoms with Crippen molar-refractivity contribution in [3.8, 4) is 23.1 Å². The normalized spacial score (nSPS) is 15.2. The second-order valence-corrected chi connectivity index (χ2v) is 8.00. The summed E-state index contributed by atoms with van der Waals surface area (Å²) in [5.41, 5.74) is 5.85. The molecule has 0 unspecified atom stereocenters. The highest BCUT2D eigenvalue weighted by atomic mass is 19.4. The summed E-state index contributed by atoms with van der Waals surface area (Å²) < 4.78 is 46.9. The van der Waals surface area contributed by atoms with Crippen molar-refractivity contribution < 1.29 is 23.0 Å². The second kappa shape index (κ2) is 11.4. The van der Waals surface area contributed by atoms with Crippen molar-refractivity contribution >= 4 is 11.4 Å². The lowest BCUT2D eigenvalue weighted by Crippen LogP contribution is -2.47. The van der Waals surface area contributed by atoms with Crippen LogP contribution in [0.25, 0.3) is 11.3 Å². The number of rotatable bonds is 9.